The van der Waals surface area contributed by atoms with Crippen LogP contribution in [0.5, 0.6) is 0 Å². The first-order valence-electron chi connectivity index (χ1n) is 11.3. The van der Waals surface area contributed by atoms with E-state index in [1.54, 1.807) is 0 Å². The van der Waals surface area contributed by atoms with Crippen molar-refractivity contribution < 1.29 is 14.5 Å². The van der Waals surface area contributed by atoms with Gasteiger partial charge in [-0.1, -0.05) is 24.3 Å². The van der Waals surface area contributed by atoms with Crippen LogP contribution in [0.15, 0.2) is 24.3 Å². The number of amides is 2. The zero-order chi connectivity index (χ0) is 20.4. The predicted molar refractivity (Wildman–Crippen MR) is 113 cm³/mol. The molecule has 0 spiro atoms. The third kappa shape index (κ3) is 5.00. The zero-order valence-corrected chi connectivity index (χ0v) is 17.9. The molecule has 0 heterocycles. The van der Waals surface area contributed by atoms with Crippen molar-refractivity contribution in [1.29, 1.82) is 0 Å². The smallest absolute Gasteiger partial charge is 0.239 e. The lowest BCUT2D eigenvalue weighted by Gasteiger charge is -2.56. The van der Waals surface area contributed by atoms with Crippen LogP contribution in [0.4, 0.5) is 0 Å². The molecule has 1 aromatic carbocycles. The van der Waals surface area contributed by atoms with Crippen molar-refractivity contribution in [2.75, 3.05) is 20.6 Å². The number of carbonyl (C=O) groups is 2. The van der Waals surface area contributed by atoms with Crippen molar-refractivity contribution in [3.63, 3.8) is 0 Å². The predicted octanol–water partition coefficient (Wildman–Crippen LogP) is 1.67. The van der Waals surface area contributed by atoms with Crippen LogP contribution in [0.1, 0.15) is 56.1 Å². The molecule has 0 saturated heterocycles. The molecular formula is C24H36N3O2+. The highest BCUT2D eigenvalue weighted by molar-refractivity contribution is 5.85. The number of rotatable bonds is 8. The van der Waals surface area contributed by atoms with Crippen LogP contribution in [0.25, 0.3) is 0 Å². The van der Waals surface area contributed by atoms with Gasteiger partial charge in [-0.25, -0.2) is 0 Å². The molecule has 4 aliphatic rings. The molecule has 4 saturated carbocycles. The fraction of sp³-hybridized carbons (Fsp3) is 0.667. The van der Waals surface area contributed by atoms with E-state index in [9.17, 15) is 9.59 Å². The average molecular weight is 399 g/mol. The summed E-state index contributed by atoms with van der Waals surface area (Å²) in [5.74, 6) is 2.49. The summed E-state index contributed by atoms with van der Waals surface area (Å²) in [6.07, 6.45) is 8.45. The van der Waals surface area contributed by atoms with E-state index >= 15 is 0 Å². The normalized spacial score (nSPS) is 29.8. The molecule has 0 atom stereocenters. The Morgan fingerprint density at radius 2 is 1.52 bits per heavy atom. The topological polar surface area (TPSA) is 62.6 Å². The highest BCUT2D eigenvalue weighted by Crippen LogP contribution is 2.61. The van der Waals surface area contributed by atoms with Gasteiger partial charge in [0.15, 0.2) is 0 Å². The molecule has 3 N–H and O–H groups in total. The number of hydrogen-bond acceptors (Lipinski definition) is 2. The fourth-order valence-electron chi connectivity index (χ4n) is 6.63. The molecule has 2 amide bonds. The fourth-order valence-corrected chi connectivity index (χ4v) is 6.63. The van der Waals surface area contributed by atoms with Gasteiger partial charge < -0.3 is 15.5 Å². The number of nitrogens with one attached hydrogen (secondary N) is 3. The van der Waals surface area contributed by atoms with Gasteiger partial charge in [0.25, 0.3) is 0 Å². The van der Waals surface area contributed by atoms with Crippen LogP contribution < -0.4 is 15.5 Å². The quantitative estimate of drug-likeness (QED) is 0.624. The molecule has 0 aliphatic heterocycles. The Hall–Kier alpha value is -1.88. The van der Waals surface area contributed by atoms with Crippen molar-refractivity contribution in [1.82, 2.24) is 10.6 Å². The number of benzene rings is 1. The summed E-state index contributed by atoms with van der Waals surface area (Å²) in [4.78, 5) is 26.2. The maximum absolute atomic E-state index is 12.6. The molecule has 0 unspecified atom stereocenters. The van der Waals surface area contributed by atoms with Crippen molar-refractivity contribution in [3.8, 4) is 0 Å². The first kappa shape index (κ1) is 20.4. The van der Waals surface area contributed by atoms with Crippen LogP contribution >= 0.6 is 0 Å². The first-order valence-corrected chi connectivity index (χ1v) is 11.3. The van der Waals surface area contributed by atoms with Crippen LogP contribution in [0, 0.1) is 23.2 Å². The molecule has 5 rings (SSSR count). The van der Waals surface area contributed by atoms with Crippen LogP contribution in [-0.2, 0) is 22.7 Å². The first-order chi connectivity index (χ1) is 13.9. The summed E-state index contributed by atoms with van der Waals surface area (Å²) in [5.41, 5.74) is 2.61. The molecule has 5 heteroatoms. The third-order valence-electron chi connectivity index (χ3n) is 7.29. The van der Waals surface area contributed by atoms with Gasteiger partial charge in [-0.15, -0.1) is 0 Å². The van der Waals surface area contributed by atoms with E-state index < -0.39 is 0 Å². The number of quaternary nitrogens is 1. The lowest BCUT2D eigenvalue weighted by Crippen LogP contribution is -3.04. The van der Waals surface area contributed by atoms with Gasteiger partial charge in [0, 0.05) is 18.5 Å². The van der Waals surface area contributed by atoms with Gasteiger partial charge in [-0.3, -0.25) is 9.59 Å². The summed E-state index contributed by atoms with van der Waals surface area (Å²) >= 11 is 0. The summed E-state index contributed by atoms with van der Waals surface area (Å²) in [6.45, 7) is 1.51. The molecular weight excluding hydrogens is 362 g/mol. The summed E-state index contributed by atoms with van der Waals surface area (Å²) in [7, 11) is 4.24. The Bertz CT molecular complexity index is 723. The molecule has 0 aromatic heterocycles. The maximum atomic E-state index is 12.6. The Labute approximate surface area is 174 Å². The summed E-state index contributed by atoms with van der Waals surface area (Å²) in [6, 6.07) is 8.21. The number of carbonyl (C=O) groups excluding carboxylic acids is 2. The van der Waals surface area contributed by atoms with E-state index in [1.807, 2.05) is 12.1 Å². The van der Waals surface area contributed by atoms with Gasteiger partial charge in [-0.05, 0) is 67.3 Å². The molecule has 5 nitrogen and oxygen atoms in total. The summed E-state index contributed by atoms with van der Waals surface area (Å²) < 4.78 is 0. The van der Waals surface area contributed by atoms with E-state index in [1.165, 1.54) is 49.0 Å². The van der Waals surface area contributed by atoms with Gasteiger partial charge in [0.05, 0.1) is 20.6 Å². The van der Waals surface area contributed by atoms with Gasteiger partial charge in [0.1, 0.15) is 6.54 Å². The van der Waals surface area contributed by atoms with E-state index in [2.05, 4.69) is 36.9 Å². The van der Waals surface area contributed by atoms with Gasteiger partial charge >= 0.3 is 0 Å². The van der Waals surface area contributed by atoms with Crippen LogP contribution in [-0.4, -0.2) is 32.5 Å². The van der Waals surface area contributed by atoms with Crippen molar-refractivity contribution >= 4 is 11.8 Å². The van der Waals surface area contributed by atoms with Crippen molar-refractivity contribution in [2.24, 2.45) is 23.2 Å². The van der Waals surface area contributed by atoms with Gasteiger partial charge in [-0.2, -0.15) is 0 Å². The molecule has 4 aliphatic carbocycles. The maximum Gasteiger partial charge on any atom is 0.239 e. The van der Waals surface area contributed by atoms with Crippen LogP contribution in [0.2, 0.25) is 0 Å². The van der Waals surface area contributed by atoms with Gasteiger partial charge in [0.2, 0.25) is 11.8 Å². The second-order valence-corrected chi connectivity index (χ2v) is 10.3. The van der Waals surface area contributed by atoms with Crippen molar-refractivity contribution in [3.05, 3.63) is 35.4 Å². The standard InChI is InChI=1S/C24H35N3O2/c1-27(2)16-21-6-4-3-5-20(21)14-25-23(29)15-26-22(28)13-24-10-17-7-18(11-24)9-19(8-17)12-24/h3-6,17-19H,7-16H2,1-2H3,(H,25,29)(H,26,28)/p+1. The van der Waals surface area contributed by atoms with Crippen molar-refractivity contribution in [2.45, 2.75) is 58.0 Å². The third-order valence-corrected chi connectivity index (χ3v) is 7.29. The lowest BCUT2D eigenvalue weighted by molar-refractivity contribution is -0.872. The minimum Gasteiger partial charge on any atom is -0.350 e. The molecule has 4 bridgehead atoms. The molecule has 158 valence electrons. The highest BCUT2D eigenvalue weighted by Gasteiger charge is 2.51. The molecule has 29 heavy (non-hydrogen) atoms. The molecule has 0 radical (unpaired) electrons. The minimum atomic E-state index is -0.115. The number of hydrogen-bond donors (Lipinski definition) is 3. The average Bonchev–Trinajstić information content (AvgIpc) is 2.64. The molecule has 4 fully saturated rings. The summed E-state index contributed by atoms with van der Waals surface area (Å²) in [5, 5.41) is 5.85. The zero-order valence-electron chi connectivity index (χ0n) is 17.9. The van der Waals surface area contributed by atoms with Crippen LogP contribution in [0.3, 0.4) is 0 Å². The van der Waals surface area contributed by atoms with E-state index in [-0.39, 0.29) is 23.8 Å². The molecule has 1 aromatic rings. The SMILES string of the molecule is C[NH+](C)Cc1ccccc1CNC(=O)CNC(=O)CC12CC3CC(CC(C3)C1)C2. The van der Waals surface area contributed by atoms with E-state index in [4.69, 9.17) is 0 Å². The monoisotopic (exact) mass is 398 g/mol. The van der Waals surface area contributed by atoms with E-state index in [0.29, 0.717) is 13.0 Å². The Balaban J connectivity index is 1.23. The highest BCUT2D eigenvalue weighted by atomic mass is 16.2. The largest absolute Gasteiger partial charge is 0.350 e. The Morgan fingerprint density at radius 3 is 2.10 bits per heavy atom. The Morgan fingerprint density at radius 1 is 0.931 bits per heavy atom. The minimum absolute atomic E-state index is 0.0544. The lowest BCUT2D eigenvalue weighted by atomic mass is 9.49. The second kappa shape index (κ2) is 8.47. The van der Waals surface area contributed by atoms with E-state index in [0.717, 1.165) is 29.9 Å². The second-order valence-electron chi connectivity index (χ2n) is 10.3. The Kier molecular flexibility index (Phi) is 5.95.